The molecule has 1 saturated carbocycles. The van der Waals surface area contributed by atoms with Crippen molar-refractivity contribution < 1.29 is 15.0 Å². The predicted octanol–water partition coefficient (Wildman–Crippen LogP) is 4.50. The number of aromatic nitrogens is 2. The number of nitrogens with zero attached hydrogens (tertiary/aromatic N) is 3. The number of benzene rings is 2. The van der Waals surface area contributed by atoms with Gasteiger partial charge in [0.15, 0.2) is 0 Å². The molecule has 2 N–H and O–H groups in total. The van der Waals surface area contributed by atoms with Crippen LogP contribution in [0.15, 0.2) is 60.8 Å². The van der Waals surface area contributed by atoms with E-state index in [0.29, 0.717) is 18.5 Å². The summed E-state index contributed by atoms with van der Waals surface area (Å²) in [6, 6.07) is 16.2. The van der Waals surface area contributed by atoms with Crippen molar-refractivity contribution in [2.24, 2.45) is 0 Å². The van der Waals surface area contributed by atoms with Crippen LogP contribution in [0.2, 0.25) is 0 Å². The van der Waals surface area contributed by atoms with Crippen molar-refractivity contribution in [1.29, 1.82) is 0 Å². The third-order valence-corrected chi connectivity index (χ3v) is 5.36. The van der Waals surface area contributed by atoms with Gasteiger partial charge < -0.3 is 15.1 Å². The summed E-state index contributed by atoms with van der Waals surface area (Å²) in [4.78, 5) is 22.8. The number of aromatic hydroxyl groups is 1. The molecule has 0 atom stereocenters. The second-order valence-electron chi connectivity index (χ2n) is 7.36. The van der Waals surface area contributed by atoms with Crippen LogP contribution >= 0.6 is 0 Å². The molecule has 3 aromatic rings. The Hall–Kier alpha value is -3.41. The number of aromatic carboxylic acids is 1. The lowest BCUT2D eigenvalue weighted by Gasteiger charge is -2.29. The monoisotopic (exact) mass is 389 g/mol. The minimum Gasteiger partial charge on any atom is -0.508 e. The number of carbonyl (C=O) groups is 1. The van der Waals surface area contributed by atoms with Gasteiger partial charge in [0.2, 0.25) is 5.95 Å². The normalized spacial score (nSPS) is 14.1. The molecule has 1 fully saturated rings. The molecule has 1 aliphatic rings. The highest BCUT2D eigenvalue weighted by Gasteiger charge is 2.25. The van der Waals surface area contributed by atoms with E-state index >= 15 is 0 Å². The van der Waals surface area contributed by atoms with Crippen LogP contribution in [-0.2, 0) is 6.54 Å². The Balaban J connectivity index is 1.67. The fraction of sp³-hybridized carbons (Fsp3) is 0.261. The van der Waals surface area contributed by atoms with Gasteiger partial charge in [-0.3, -0.25) is 0 Å². The van der Waals surface area contributed by atoms with Crippen LogP contribution in [0.3, 0.4) is 0 Å². The van der Waals surface area contributed by atoms with E-state index in [2.05, 4.69) is 9.88 Å². The van der Waals surface area contributed by atoms with Gasteiger partial charge in [-0.05, 0) is 60.9 Å². The minimum absolute atomic E-state index is 0.217. The lowest BCUT2D eigenvalue weighted by Crippen LogP contribution is -2.34. The summed E-state index contributed by atoms with van der Waals surface area (Å²) in [5, 5.41) is 18.8. The molecule has 1 aliphatic carbocycles. The van der Waals surface area contributed by atoms with Crippen molar-refractivity contribution in [2.75, 3.05) is 4.90 Å². The van der Waals surface area contributed by atoms with E-state index in [4.69, 9.17) is 4.98 Å². The molecule has 4 rings (SSSR count). The zero-order valence-corrected chi connectivity index (χ0v) is 16.0. The first-order valence-corrected chi connectivity index (χ1v) is 9.81. The Morgan fingerprint density at radius 2 is 1.83 bits per heavy atom. The van der Waals surface area contributed by atoms with E-state index in [1.165, 1.54) is 12.8 Å². The summed E-state index contributed by atoms with van der Waals surface area (Å²) < 4.78 is 0. The number of phenolic OH excluding ortho intramolecular Hbond substituents is 1. The maximum Gasteiger partial charge on any atom is 0.335 e. The van der Waals surface area contributed by atoms with Gasteiger partial charge in [0.1, 0.15) is 5.75 Å². The first-order valence-electron chi connectivity index (χ1n) is 9.81. The van der Waals surface area contributed by atoms with Crippen LogP contribution < -0.4 is 4.90 Å². The highest BCUT2D eigenvalue weighted by molar-refractivity contribution is 5.87. The molecule has 1 heterocycles. The predicted molar refractivity (Wildman–Crippen MR) is 111 cm³/mol. The Kier molecular flexibility index (Phi) is 5.42. The topological polar surface area (TPSA) is 86.5 Å². The van der Waals surface area contributed by atoms with Gasteiger partial charge in [0.25, 0.3) is 0 Å². The summed E-state index contributed by atoms with van der Waals surface area (Å²) in [5.41, 5.74) is 2.91. The van der Waals surface area contributed by atoms with E-state index in [-0.39, 0.29) is 11.3 Å². The van der Waals surface area contributed by atoms with Gasteiger partial charge in [-0.2, -0.15) is 0 Å². The van der Waals surface area contributed by atoms with Crippen LogP contribution in [0.1, 0.15) is 41.6 Å². The highest BCUT2D eigenvalue weighted by Crippen LogP contribution is 2.29. The van der Waals surface area contributed by atoms with Crippen molar-refractivity contribution in [3.05, 3.63) is 71.9 Å². The number of anilines is 1. The first kappa shape index (κ1) is 18.9. The van der Waals surface area contributed by atoms with Crippen LogP contribution in [0.25, 0.3) is 11.3 Å². The Bertz CT molecular complexity index is 998. The molecule has 148 valence electrons. The molecule has 29 heavy (non-hydrogen) atoms. The largest absolute Gasteiger partial charge is 0.508 e. The van der Waals surface area contributed by atoms with Gasteiger partial charge >= 0.3 is 5.97 Å². The number of rotatable bonds is 6. The van der Waals surface area contributed by atoms with Crippen molar-refractivity contribution in [1.82, 2.24) is 9.97 Å². The molecule has 0 unspecified atom stereocenters. The van der Waals surface area contributed by atoms with E-state index in [1.807, 2.05) is 24.3 Å². The number of carboxylic acids is 1. The molecule has 0 spiro atoms. The molecule has 6 heteroatoms. The third kappa shape index (κ3) is 4.37. The Morgan fingerprint density at radius 3 is 2.55 bits per heavy atom. The number of hydrogen-bond donors (Lipinski definition) is 2. The maximum atomic E-state index is 11.3. The molecule has 0 radical (unpaired) electrons. The highest BCUT2D eigenvalue weighted by atomic mass is 16.4. The van der Waals surface area contributed by atoms with Crippen LogP contribution in [-0.4, -0.2) is 32.2 Å². The summed E-state index contributed by atoms with van der Waals surface area (Å²) in [7, 11) is 0. The third-order valence-electron chi connectivity index (χ3n) is 5.36. The molecule has 0 bridgehead atoms. The molecule has 1 aromatic heterocycles. The molecular weight excluding hydrogens is 366 g/mol. The van der Waals surface area contributed by atoms with Crippen molar-refractivity contribution >= 4 is 11.9 Å². The quantitative estimate of drug-likeness (QED) is 0.646. The summed E-state index contributed by atoms with van der Waals surface area (Å²) in [6.45, 7) is 0.560. The average molecular weight is 389 g/mol. The van der Waals surface area contributed by atoms with Crippen LogP contribution in [0.4, 0.5) is 5.95 Å². The Labute approximate surface area is 169 Å². The fourth-order valence-corrected chi connectivity index (χ4v) is 3.86. The molecule has 6 nitrogen and oxygen atoms in total. The minimum atomic E-state index is -0.926. The van der Waals surface area contributed by atoms with E-state index < -0.39 is 5.97 Å². The van der Waals surface area contributed by atoms with Crippen LogP contribution in [0.5, 0.6) is 5.75 Å². The zero-order chi connectivity index (χ0) is 20.2. The zero-order valence-electron chi connectivity index (χ0n) is 16.0. The Morgan fingerprint density at radius 1 is 1.07 bits per heavy atom. The SMILES string of the molecule is O=C(O)c1cccc(CN(c2nccc(-c3ccc(O)cc3)n2)C2CCCC2)c1. The van der Waals surface area contributed by atoms with Crippen molar-refractivity contribution in [3.8, 4) is 17.0 Å². The second kappa shape index (κ2) is 8.31. The molecule has 0 saturated heterocycles. The number of hydrogen-bond acceptors (Lipinski definition) is 5. The summed E-state index contributed by atoms with van der Waals surface area (Å²) in [6.07, 6.45) is 6.25. The van der Waals surface area contributed by atoms with E-state index in [1.54, 1.807) is 36.5 Å². The average Bonchev–Trinajstić information content (AvgIpc) is 3.27. The van der Waals surface area contributed by atoms with Gasteiger partial charge in [0, 0.05) is 24.3 Å². The number of phenols is 1. The fourth-order valence-electron chi connectivity index (χ4n) is 3.86. The summed E-state index contributed by atoms with van der Waals surface area (Å²) in [5.74, 6) is -0.0676. The molecule has 0 aliphatic heterocycles. The maximum absolute atomic E-state index is 11.3. The van der Waals surface area contributed by atoms with Gasteiger partial charge in [-0.15, -0.1) is 0 Å². The smallest absolute Gasteiger partial charge is 0.335 e. The molecule has 2 aromatic carbocycles. The van der Waals surface area contributed by atoms with Gasteiger partial charge in [-0.1, -0.05) is 25.0 Å². The molecular formula is C23H23N3O3. The lowest BCUT2D eigenvalue weighted by molar-refractivity contribution is 0.0696. The van der Waals surface area contributed by atoms with Crippen LogP contribution in [0, 0.1) is 0 Å². The lowest BCUT2D eigenvalue weighted by atomic mass is 10.1. The summed E-state index contributed by atoms with van der Waals surface area (Å²) >= 11 is 0. The van der Waals surface area contributed by atoms with Crippen molar-refractivity contribution in [2.45, 2.75) is 38.3 Å². The van der Waals surface area contributed by atoms with E-state index in [9.17, 15) is 15.0 Å². The number of carboxylic acid groups (broad SMARTS) is 1. The first-order chi connectivity index (χ1) is 14.1. The molecule has 0 amide bonds. The van der Waals surface area contributed by atoms with Gasteiger partial charge in [0.05, 0.1) is 11.3 Å². The van der Waals surface area contributed by atoms with Gasteiger partial charge in [-0.25, -0.2) is 14.8 Å². The standard InChI is InChI=1S/C23H23N3O3/c27-20-10-8-17(9-11-20)21-12-13-24-23(25-21)26(19-6-1-2-7-19)15-16-4-3-5-18(14-16)22(28)29/h3-5,8-14,19,27H,1-2,6-7,15H2,(H,28,29). The second-order valence-corrected chi connectivity index (χ2v) is 7.36. The van der Waals surface area contributed by atoms with E-state index in [0.717, 1.165) is 29.7 Å². The van der Waals surface area contributed by atoms with Crippen molar-refractivity contribution in [3.63, 3.8) is 0 Å².